The van der Waals surface area contributed by atoms with E-state index in [4.69, 9.17) is 5.11 Å². The second kappa shape index (κ2) is 20.9. The van der Waals surface area contributed by atoms with Gasteiger partial charge < -0.3 is 10.4 Å². The number of carboxylic acids is 1. The first kappa shape index (κ1) is 28.6. The van der Waals surface area contributed by atoms with Crippen LogP contribution < -0.4 is 5.32 Å². The summed E-state index contributed by atoms with van der Waals surface area (Å²) in [5.41, 5.74) is 0. The zero-order chi connectivity index (χ0) is 22.5. The van der Waals surface area contributed by atoms with E-state index >= 15 is 0 Å². The predicted octanol–water partition coefficient (Wildman–Crippen LogP) is 5.94. The number of hydrogen-bond acceptors (Lipinski definition) is 3. The van der Waals surface area contributed by atoms with Crippen molar-refractivity contribution in [1.29, 1.82) is 0 Å². The molecule has 0 aromatic carbocycles. The molecule has 0 aromatic rings. The maximum atomic E-state index is 11.8. The third kappa shape index (κ3) is 18.7. The smallest absolute Gasteiger partial charge is 0.320 e. The lowest BCUT2D eigenvalue weighted by molar-refractivity contribution is -0.142. The van der Waals surface area contributed by atoms with Crippen molar-refractivity contribution in [3.05, 3.63) is 12.2 Å². The van der Waals surface area contributed by atoms with Crippen LogP contribution in [-0.2, 0) is 9.59 Å². The van der Waals surface area contributed by atoms with E-state index in [0.29, 0.717) is 25.8 Å². The number of aliphatic carboxylic acids is 1. The average molecular weight is 425 g/mol. The van der Waals surface area contributed by atoms with E-state index in [0.717, 1.165) is 12.8 Å². The number of nitrogens with zero attached hydrogens (tertiary/aromatic N) is 1. The molecule has 1 atom stereocenters. The van der Waals surface area contributed by atoms with Gasteiger partial charge in [0.1, 0.15) is 6.04 Å². The molecule has 30 heavy (non-hydrogen) atoms. The lowest BCUT2D eigenvalue weighted by Gasteiger charge is -2.19. The van der Waals surface area contributed by atoms with Gasteiger partial charge in [-0.2, -0.15) is 0 Å². The van der Waals surface area contributed by atoms with Gasteiger partial charge in [0.15, 0.2) is 0 Å². The first-order chi connectivity index (χ1) is 14.5. The van der Waals surface area contributed by atoms with Crippen LogP contribution in [0, 0.1) is 0 Å². The molecule has 0 aliphatic rings. The molecule has 0 rings (SSSR count). The number of unbranched alkanes of at least 4 members (excludes halogenated alkanes) is 11. The van der Waals surface area contributed by atoms with Crippen LogP contribution in [0.4, 0.5) is 0 Å². The van der Waals surface area contributed by atoms with Crippen molar-refractivity contribution in [3.63, 3.8) is 0 Å². The van der Waals surface area contributed by atoms with Crippen LogP contribution in [0.3, 0.4) is 0 Å². The van der Waals surface area contributed by atoms with E-state index < -0.39 is 12.0 Å². The molecule has 2 N–H and O–H groups in total. The van der Waals surface area contributed by atoms with Gasteiger partial charge in [-0.15, -0.1) is 0 Å². The van der Waals surface area contributed by atoms with Gasteiger partial charge in [0.05, 0.1) is 0 Å². The van der Waals surface area contributed by atoms with E-state index in [1.807, 2.05) is 0 Å². The molecule has 0 fully saturated rings. The highest BCUT2D eigenvalue weighted by atomic mass is 16.4. The molecule has 0 radical (unpaired) electrons. The van der Waals surface area contributed by atoms with Crippen molar-refractivity contribution in [3.8, 4) is 0 Å². The first-order valence-electron chi connectivity index (χ1n) is 12.3. The lowest BCUT2D eigenvalue weighted by Crippen LogP contribution is -2.36. The Kier molecular flexibility index (Phi) is 19.9. The third-order valence-corrected chi connectivity index (χ3v) is 5.55. The van der Waals surface area contributed by atoms with Crippen molar-refractivity contribution in [2.75, 3.05) is 20.6 Å². The molecule has 0 aliphatic heterocycles. The topological polar surface area (TPSA) is 69.6 Å². The summed E-state index contributed by atoms with van der Waals surface area (Å²) in [5.74, 6) is -0.719. The fourth-order valence-corrected chi connectivity index (χ4v) is 3.57. The molecule has 0 saturated carbocycles. The quantitative estimate of drug-likeness (QED) is 0.177. The van der Waals surface area contributed by atoms with Gasteiger partial charge in [-0.25, -0.2) is 0 Å². The normalized spacial score (nSPS) is 12.5. The SMILES string of the molecule is CCCCCCCC/C=C\CCCCCCCC(=O)NCCCC(C(=O)O)N(C)C. The van der Waals surface area contributed by atoms with E-state index in [1.54, 1.807) is 19.0 Å². The molecule has 0 saturated heterocycles. The van der Waals surface area contributed by atoms with E-state index in [9.17, 15) is 9.59 Å². The Balaban J connectivity index is 3.41. The van der Waals surface area contributed by atoms with Crippen molar-refractivity contribution in [2.24, 2.45) is 0 Å². The summed E-state index contributed by atoms with van der Waals surface area (Å²) in [6.07, 6.45) is 22.8. The Labute approximate surface area is 185 Å². The van der Waals surface area contributed by atoms with Gasteiger partial charge in [0.25, 0.3) is 0 Å². The fraction of sp³-hybridized carbons (Fsp3) is 0.840. The Morgan fingerprint density at radius 2 is 1.37 bits per heavy atom. The van der Waals surface area contributed by atoms with Crippen LogP contribution in [0.1, 0.15) is 110 Å². The number of carboxylic acid groups (broad SMARTS) is 1. The van der Waals surface area contributed by atoms with Crippen LogP contribution in [0.25, 0.3) is 0 Å². The Bertz CT molecular complexity index is 450. The summed E-state index contributed by atoms with van der Waals surface area (Å²) in [6.45, 7) is 2.82. The maximum absolute atomic E-state index is 11.8. The summed E-state index contributed by atoms with van der Waals surface area (Å²) in [7, 11) is 3.54. The van der Waals surface area contributed by atoms with Crippen molar-refractivity contribution in [1.82, 2.24) is 10.2 Å². The molecule has 0 aliphatic carbocycles. The molecule has 176 valence electrons. The number of amides is 1. The van der Waals surface area contributed by atoms with Crippen molar-refractivity contribution in [2.45, 2.75) is 116 Å². The fourth-order valence-electron chi connectivity index (χ4n) is 3.57. The number of carbonyl (C=O) groups excluding carboxylic acids is 1. The number of carbonyl (C=O) groups is 2. The molecular formula is C25H48N2O3. The first-order valence-corrected chi connectivity index (χ1v) is 12.3. The highest BCUT2D eigenvalue weighted by Crippen LogP contribution is 2.10. The van der Waals surface area contributed by atoms with Gasteiger partial charge in [-0.1, -0.05) is 70.4 Å². The van der Waals surface area contributed by atoms with Crippen molar-refractivity contribution < 1.29 is 14.7 Å². The van der Waals surface area contributed by atoms with Crippen LogP contribution in [-0.4, -0.2) is 48.6 Å². The summed E-state index contributed by atoms with van der Waals surface area (Å²) < 4.78 is 0. The molecule has 0 bridgehead atoms. The van der Waals surface area contributed by atoms with Crippen LogP contribution >= 0.6 is 0 Å². The monoisotopic (exact) mass is 424 g/mol. The number of hydrogen-bond donors (Lipinski definition) is 2. The Hall–Kier alpha value is -1.36. The van der Waals surface area contributed by atoms with Gasteiger partial charge in [-0.05, 0) is 59.0 Å². The number of nitrogens with one attached hydrogen (secondary N) is 1. The second-order valence-electron chi connectivity index (χ2n) is 8.64. The predicted molar refractivity (Wildman–Crippen MR) is 127 cm³/mol. The molecule has 0 spiro atoms. The summed E-state index contributed by atoms with van der Waals surface area (Å²) in [4.78, 5) is 24.7. The minimum atomic E-state index is -0.806. The Morgan fingerprint density at radius 3 is 1.90 bits per heavy atom. The van der Waals surface area contributed by atoms with Crippen LogP contribution in [0.15, 0.2) is 12.2 Å². The molecule has 5 heteroatoms. The maximum Gasteiger partial charge on any atom is 0.320 e. The largest absolute Gasteiger partial charge is 0.480 e. The van der Waals surface area contributed by atoms with E-state index in [-0.39, 0.29) is 5.91 Å². The number of allylic oxidation sites excluding steroid dienone is 2. The summed E-state index contributed by atoms with van der Waals surface area (Å²) >= 11 is 0. The summed E-state index contributed by atoms with van der Waals surface area (Å²) in [6, 6.07) is -0.479. The highest BCUT2D eigenvalue weighted by molar-refractivity contribution is 5.75. The molecule has 5 nitrogen and oxygen atoms in total. The van der Waals surface area contributed by atoms with E-state index in [2.05, 4.69) is 24.4 Å². The highest BCUT2D eigenvalue weighted by Gasteiger charge is 2.18. The van der Waals surface area contributed by atoms with Gasteiger partial charge in [0, 0.05) is 13.0 Å². The van der Waals surface area contributed by atoms with Crippen molar-refractivity contribution >= 4 is 11.9 Å². The summed E-state index contributed by atoms with van der Waals surface area (Å²) in [5, 5.41) is 12.0. The third-order valence-electron chi connectivity index (χ3n) is 5.55. The second-order valence-corrected chi connectivity index (χ2v) is 8.64. The minimum Gasteiger partial charge on any atom is -0.480 e. The molecule has 1 amide bonds. The Morgan fingerprint density at radius 1 is 0.833 bits per heavy atom. The molecular weight excluding hydrogens is 376 g/mol. The standard InChI is InChI=1S/C25H48N2O3/c1-4-5-6-7-8-9-10-11-12-13-14-15-16-17-18-21-24(28)26-22-19-20-23(25(29)30)27(2)3/h11-12,23H,4-10,13-22H2,1-3H3,(H,26,28)(H,29,30)/b12-11-. The van der Waals surface area contributed by atoms with Crippen LogP contribution in [0.2, 0.25) is 0 Å². The molecule has 0 heterocycles. The van der Waals surface area contributed by atoms with Crippen LogP contribution in [0.5, 0.6) is 0 Å². The zero-order valence-electron chi connectivity index (χ0n) is 20.0. The van der Waals surface area contributed by atoms with Gasteiger partial charge in [-0.3, -0.25) is 14.5 Å². The molecule has 1 unspecified atom stereocenters. The average Bonchev–Trinajstić information content (AvgIpc) is 2.70. The lowest BCUT2D eigenvalue weighted by atomic mass is 10.1. The van der Waals surface area contributed by atoms with Gasteiger partial charge in [0.2, 0.25) is 5.91 Å². The minimum absolute atomic E-state index is 0.0874. The number of rotatable bonds is 21. The van der Waals surface area contributed by atoms with E-state index in [1.165, 1.54) is 70.6 Å². The molecule has 0 aromatic heterocycles. The number of likely N-dealkylation sites (N-methyl/N-ethyl adjacent to an activating group) is 1. The van der Waals surface area contributed by atoms with Gasteiger partial charge >= 0.3 is 5.97 Å². The zero-order valence-corrected chi connectivity index (χ0v) is 20.0.